The number of nitrogens with one attached hydrogen (secondary N) is 2. The van der Waals surface area contributed by atoms with E-state index in [1.54, 1.807) is 4.68 Å². The molecule has 20 heavy (non-hydrogen) atoms. The van der Waals surface area contributed by atoms with Gasteiger partial charge in [0, 0.05) is 12.6 Å². The molecule has 7 heteroatoms. The zero-order valence-electron chi connectivity index (χ0n) is 12.1. The normalized spacial score (nSPS) is 10.6. The van der Waals surface area contributed by atoms with Crippen LogP contribution in [0.2, 0.25) is 0 Å². The van der Waals surface area contributed by atoms with E-state index >= 15 is 0 Å². The standard InChI is InChI=1S/C13H19N5O2/c1-5-9-11(10(6-2)18(4)16-9)14-13(19)15-12-8(3)7-20-17-12/h7H,5-6H2,1-4H3,(H2,14,15,17,19). The van der Waals surface area contributed by atoms with Gasteiger partial charge in [-0.15, -0.1) is 0 Å². The van der Waals surface area contributed by atoms with Crippen molar-refractivity contribution in [2.75, 3.05) is 10.6 Å². The maximum Gasteiger partial charge on any atom is 0.325 e. The first kappa shape index (κ1) is 14.1. The molecule has 0 unspecified atom stereocenters. The fourth-order valence-electron chi connectivity index (χ4n) is 2.08. The van der Waals surface area contributed by atoms with Gasteiger partial charge in [-0.3, -0.25) is 10.00 Å². The lowest BCUT2D eigenvalue weighted by molar-refractivity contribution is 0.262. The topological polar surface area (TPSA) is 85.0 Å². The number of hydrogen-bond acceptors (Lipinski definition) is 4. The van der Waals surface area contributed by atoms with Gasteiger partial charge in [0.1, 0.15) is 6.26 Å². The smallest absolute Gasteiger partial charge is 0.325 e. The quantitative estimate of drug-likeness (QED) is 0.899. The highest BCUT2D eigenvalue weighted by Gasteiger charge is 2.17. The third kappa shape index (κ3) is 2.66. The fraction of sp³-hybridized carbons (Fsp3) is 0.462. The third-order valence-corrected chi connectivity index (χ3v) is 3.13. The highest BCUT2D eigenvalue weighted by atomic mass is 16.5. The SMILES string of the molecule is CCc1nn(C)c(CC)c1NC(=O)Nc1nocc1C. The number of anilines is 2. The van der Waals surface area contributed by atoms with Crippen LogP contribution < -0.4 is 10.6 Å². The van der Waals surface area contributed by atoms with Crippen molar-refractivity contribution in [1.29, 1.82) is 0 Å². The minimum Gasteiger partial charge on any atom is -0.362 e. The molecule has 0 aliphatic rings. The van der Waals surface area contributed by atoms with Gasteiger partial charge in [-0.05, 0) is 19.8 Å². The van der Waals surface area contributed by atoms with Crippen LogP contribution in [0.3, 0.4) is 0 Å². The zero-order chi connectivity index (χ0) is 14.7. The lowest BCUT2D eigenvalue weighted by Crippen LogP contribution is -2.21. The van der Waals surface area contributed by atoms with Crippen molar-refractivity contribution >= 4 is 17.5 Å². The Hall–Kier alpha value is -2.31. The molecule has 0 spiro atoms. The number of carbonyl (C=O) groups excluding carboxylic acids is 1. The van der Waals surface area contributed by atoms with Crippen LogP contribution >= 0.6 is 0 Å². The van der Waals surface area contributed by atoms with Crippen LogP contribution in [0.1, 0.15) is 30.8 Å². The molecule has 2 amide bonds. The predicted molar refractivity (Wildman–Crippen MR) is 75.8 cm³/mol. The van der Waals surface area contributed by atoms with E-state index in [1.807, 2.05) is 27.8 Å². The van der Waals surface area contributed by atoms with Crippen LogP contribution in [-0.4, -0.2) is 21.0 Å². The highest BCUT2D eigenvalue weighted by molar-refractivity contribution is 6.00. The number of aryl methyl sites for hydroxylation is 3. The molecular formula is C13H19N5O2. The molecule has 2 N–H and O–H groups in total. The molecule has 2 rings (SSSR count). The number of carbonyl (C=O) groups is 1. The number of amides is 2. The Morgan fingerprint density at radius 1 is 1.35 bits per heavy atom. The average Bonchev–Trinajstić information content (AvgIpc) is 2.94. The maximum atomic E-state index is 12.0. The number of nitrogens with zero attached hydrogens (tertiary/aromatic N) is 3. The van der Waals surface area contributed by atoms with Crippen LogP contribution in [0.15, 0.2) is 10.8 Å². The van der Waals surface area contributed by atoms with Crippen LogP contribution in [0.5, 0.6) is 0 Å². The van der Waals surface area contributed by atoms with Crippen LogP contribution in [0.4, 0.5) is 16.3 Å². The molecule has 0 saturated heterocycles. The summed E-state index contributed by atoms with van der Waals surface area (Å²) in [4.78, 5) is 12.0. The zero-order valence-corrected chi connectivity index (χ0v) is 12.1. The van der Waals surface area contributed by atoms with Crippen molar-refractivity contribution in [3.05, 3.63) is 23.2 Å². The molecule has 108 valence electrons. The summed E-state index contributed by atoms with van der Waals surface area (Å²) >= 11 is 0. The molecule has 7 nitrogen and oxygen atoms in total. The number of aromatic nitrogens is 3. The minimum absolute atomic E-state index is 0.348. The monoisotopic (exact) mass is 277 g/mol. The molecule has 0 bridgehead atoms. The molecule has 2 heterocycles. The summed E-state index contributed by atoms with van der Waals surface area (Å²) in [6, 6.07) is -0.348. The van der Waals surface area contributed by atoms with E-state index < -0.39 is 0 Å². The summed E-state index contributed by atoms with van der Waals surface area (Å²) in [7, 11) is 1.88. The van der Waals surface area contributed by atoms with Crippen molar-refractivity contribution in [3.63, 3.8) is 0 Å². The van der Waals surface area contributed by atoms with Gasteiger partial charge in [0.05, 0.1) is 17.1 Å². The second-order valence-corrected chi connectivity index (χ2v) is 4.52. The Morgan fingerprint density at radius 3 is 2.65 bits per heavy atom. The first-order valence-corrected chi connectivity index (χ1v) is 6.60. The van der Waals surface area contributed by atoms with Crippen molar-refractivity contribution in [2.45, 2.75) is 33.6 Å². The van der Waals surface area contributed by atoms with Crippen molar-refractivity contribution in [3.8, 4) is 0 Å². The first-order valence-electron chi connectivity index (χ1n) is 6.60. The van der Waals surface area contributed by atoms with E-state index in [4.69, 9.17) is 4.52 Å². The molecule has 0 aliphatic carbocycles. The van der Waals surface area contributed by atoms with Crippen molar-refractivity contribution in [2.24, 2.45) is 7.05 Å². The van der Waals surface area contributed by atoms with Gasteiger partial charge in [0.25, 0.3) is 0 Å². The fourth-order valence-corrected chi connectivity index (χ4v) is 2.08. The molecule has 2 aromatic heterocycles. The molecule has 0 aromatic carbocycles. The second kappa shape index (κ2) is 5.77. The van der Waals surface area contributed by atoms with Crippen LogP contribution in [0, 0.1) is 6.92 Å². The Labute approximate surface area is 117 Å². The van der Waals surface area contributed by atoms with Gasteiger partial charge < -0.3 is 9.84 Å². The summed E-state index contributed by atoms with van der Waals surface area (Å²) in [5.41, 5.74) is 3.42. The van der Waals surface area contributed by atoms with E-state index in [0.29, 0.717) is 5.82 Å². The van der Waals surface area contributed by atoms with E-state index in [1.165, 1.54) is 6.26 Å². The van der Waals surface area contributed by atoms with Crippen LogP contribution in [0.25, 0.3) is 0 Å². The molecular weight excluding hydrogens is 258 g/mol. The minimum atomic E-state index is -0.348. The third-order valence-electron chi connectivity index (χ3n) is 3.13. The van der Waals surface area contributed by atoms with Gasteiger partial charge in [0.15, 0.2) is 5.82 Å². The summed E-state index contributed by atoms with van der Waals surface area (Å²) in [5.74, 6) is 0.419. The lowest BCUT2D eigenvalue weighted by Gasteiger charge is -2.08. The second-order valence-electron chi connectivity index (χ2n) is 4.52. The Balaban J connectivity index is 2.17. The summed E-state index contributed by atoms with van der Waals surface area (Å²) in [6.45, 7) is 5.85. The largest absolute Gasteiger partial charge is 0.362 e. The number of rotatable bonds is 4. The Morgan fingerprint density at radius 2 is 2.10 bits per heavy atom. The summed E-state index contributed by atoms with van der Waals surface area (Å²) in [6.07, 6.45) is 3.03. The van der Waals surface area contributed by atoms with Gasteiger partial charge in [0.2, 0.25) is 0 Å². The maximum absolute atomic E-state index is 12.0. The molecule has 0 atom stereocenters. The Kier molecular flexibility index (Phi) is 4.07. The average molecular weight is 277 g/mol. The highest BCUT2D eigenvalue weighted by Crippen LogP contribution is 2.22. The number of hydrogen-bond donors (Lipinski definition) is 2. The van der Waals surface area contributed by atoms with E-state index in [0.717, 1.165) is 35.5 Å². The van der Waals surface area contributed by atoms with E-state index in [9.17, 15) is 4.79 Å². The van der Waals surface area contributed by atoms with Crippen molar-refractivity contribution in [1.82, 2.24) is 14.9 Å². The molecule has 0 fully saturated rings. The lowest BCUT2D eigenvalue weighted by atomic mass is 10.2. The number of urea groups is 1. The van der Waals surface area contributed by atoms with Gasteiger partial charge in [-0.2, -0.15) is 5.10 Å². The Bertz CT molecular complexity index is 614. The summed E-state index contributed by atoms with van der Waals surface area (Å²) in [5, 5.41) is 13.6. The molecule has 0 saturated carbocycles. The van der Waals surface area contributed by atoms with Crippen molar-refractivity contribution < 1.29 is 9.32 Å². The molecule has 0 radical (unpaired) electrons. The van der Waals surface area contributed by atoms with Gasteiger partial charge in [-0.1, -0.05) is 19.0 Å². The molecule has 2 aromatic rings. The van der Waals surface area contributed by atoms with Gasteiger partial charge in [-0.25, -0.2) is 4.79 Å². The van der Waals surface area contributed by atoms with Gasteiger partial charge >= 0.3 is 6.03 Å². The van der Waals surface area contributed by atoms with E-state index in [-0.39, 0.29) is 6.03 Å². The molecule has 0 aliphatic heterocycles. The predicted octanol–water partition coefficient (Wildman–Crippen LogP) is 2.49. The van der Waals surface area contributed by atoms with E-state index in [2.05, 4.69) is 20.9 Å². The first-order chi connectivity index (χ1) is 9.56. The summed E-state index contributed by atoms with van der Waals surface area (Å²) < 4.78 is 6.58. The van der Waals surface area contributed by atoms with Crippen LogP contribution in [-0.2, 0) is 19.9 Å².